The summed E-state index contributed by atoms with van der Waals surface area (Å²) in [6, 6.07) is 16.7. The molecule has 0 saturated carbocycles. The topological polar surface area (TPSA) is 94.6 Å². The summed E-state index contributed by atoms with van der Waals surface area (Å²) in [5, 5.41) is 9.44. The van der Waals surface area contributed by atoms with Crippen molar-refractivity contribution >= 4 is 17.4 Å². The second-order valence-corrected chi connectivity index (χ2v) is 7.05. The number of hydrogen-bond acceptors (Lipinski definition) is 6. The SMILES string of the molecule is CN(C)c1ccc(C(CC(=O)c2ccc(O)cc2)NNC(=O)c2ccncc2)cc1. The number of carbonyl (C=O) groups excluding carboxylic acids is 2. The van der Waals surface area contributed by atoms with Crippen LogP contribution in [0.3, 0.4) is 0 Å². The van der Waals surface area contributed by atoms with Crippen LogP contribution in [-0.2, 0) is 0 Å². The van der Waals surface area contributed by atoms with Crippen molar-refractivity contribution in [3.05, 3.63) is 89.7 Å². The number of phenolic OH excluding ortho intramolecular Hbond substituents is 1. The Labute approximate surface area is 175 Å². The number of aromatic hydroxyl groups is 1. The molecule has 1 unspecified atom stereocenters. The molecule has 1 heterocycles. The highest BCUT2D eigenvalue weighted by Crippen LogP contribution is 2.22. The van der Waals surface area contributed by atoms with E-state index in [-0.39, 0.29) is 23.9 Å². The van der Waals surface area contributed by atoms with Crippen molar-refractivity contribution in [1.82, 2.24) is 15.8 Å². The lowest BCUT2D eigenvalue weighted by Gasteiger charge is -2.21. The van der Waals surface area contributed by atoms with E-state index in [1.165, 1.54) is 12.1 Å². The number of hydrazine groups is 1. The number of benzene rings is 2. The fourth-order valence-electron chi connectivity index (χ4n) is 2.94. The third-order valence-electron chi connectivity index (χ3n) is 4.69. The summed E-state index contributed by atoms with van der Waals surface area (Å²) < 4.78 is 0. The molecule has 1 amide bonds. The molecule has 0 bridgehead atoms. The number of aromatic nitrogens is 1. The molecule has 0 spiro atoms. The Morgan fingerprint density at radius 2 is 1.57 bits per heavy atom. The van der Waals surface area contributed by atoms with Gasteiger partial charge in [0.05, 0.1) is 6.04 Å². The zero-order valence-electron chi connectivity index (χ0n) is 16.9. The Bertz CT molecular complexity index is 987. The first-order chi connectivity index (χ1) is 14.4. The van der Waals surface area contributed by atoms with Gasteiger partial charge in [-0.3, -0.25) is 20.0 Å². The van der Waals surface area contributed by atoms with E-state index in [9.17, 15) is 14.7 Å². The molecule has 30 heavy (non-hydrogen) atoms. The maximum atomic E-state index is 12.8. The normalized spacial score (nSPS) is 11.5. The summed E-state index contributed by atoms with van der Waals surface area (Å²) in [4.78, 5) is 31.1. The minimum Gasteiger partial charge on any atom is -0.508 e. The molecule has 3 N–H and O–H groups in total. The highest BCUT2D eigenvalue weighted by Gasteiger charge is 2.19. The highest BCUT2D eigenvalue weighted by molar-refractivity contribution is 5.97. The number of nitrogens with zero attached hydrogens (tertiary/aromatic N) is 2. The quantitative estimate of drug-likeness (QED) is 0.395. The molecule has 1 atom stereocenters. The van der Waals surface area contributed by atoms with Gasteiger partial charge in [0.2, 0.25) is 0 Å². The average Bonchev–Trinajstić information content (AvgIpc) is 2.77. The van der Waals surface area contributed by atoms with Gasteiger partial charge >= 0.3 is 0 Å². The van der Waals surface area contributed by atoms with Crippen LogP contribution in [-0.4, -0.2) is 35.9 Å². The minimum absolute atomic E-state index is 0.102. The summed E-state index contributed by atoms with van der Waals surface area (Å²) >= 11 is 0. The van der Waals surface area contributed by atoms with Gasteiger partial charge in [-0.25, -0.2) is 5.43 Å². The molecular formula is C23H24N4O3. The van der Waals surface area contributed by atoms with Crippen LogP contribution in [0.5, 0.6) is 5.75 Å². The summed E-state index contributed by atoms with van der Waals surface area (Å²) in [6.45, 7) is 0. The predicted octanol–water partition coefficient (Wildman–Crippen LogP) is 3.10. The van der Waals surface area contributed by atoms with Gasteiger partial charge in [0, 0.05) is 49.7 Å². The van der Waals surface area contributed by atoms with E-state index in [2.05, 4.69) is 15.8 Å². The monoisotopic (exact) mass is 404 g/mol. The van der Waals surface area contributed by atoms with Crippen LogP contribution < -0.4 is 15.8 Å². The molecule has 0 saturated heterocycles. The molecule has 154 valence electrons. The number of Topliss-reactive ketones (excluding diaryl/α,β-unsaturated/α-hetero) is 1. The Kier molecular flexibility index (Phi) is 6.77. The van der Waals surface area contributed by atoms with Gasteiger partial charge in [-0.2, -0.15) is 0 Å². The van der Waals surface area contributed by atoms with E-state index in [4.69, 9.17) is 0 Å². The lowest BCUT2D eigenvalue weighted by molar-refractivity contribution is 0.0900. The van der Waals surface area contributed by atoms with Crippen molar-refractivity contribution in [2.75, 3.05) is 19.0 Å². The number of rotatable bonds is 8. The van der Waals surface area contributed by atoms with E-state index in [0.29, 0.717) is 11.1 Å². The number of hydrogen-bond donors (Lipinski definition) is 3. The van der Waals surface area contributed by atoms with Crippen molar-refractivity contribution < 1.29 is 14.7 Å². The van der Waals surface area contributed by atoms with Crippen LogP contribution in [0.4, 0.5) is 5.69 Å². The number of nitrogens with one attached hydrogen (secondary N) is 2. The lowest BCUT2D eigenvalue weighted by Crippen LogP contribution is -2.40. The van der Waals surface area contributed by atoms with Gasteiger partial charge in [0.25, 0.3) is 5.91 Å². The molecule has 7 nitrogen and oxygen atoms in total. The molecular weight excluding hydrogens is 380 g/mol. The number of amides is 1. The van der Waals surface area contributed by atoms with Gasteiger partial charge in [-0.1, -0.05) is 12.1 Å². The van der Waals surface area contributed by atoms with Crippen LogP contribution in [0.25, 0.3) is 0 Å². The molecule has 0 aliphatic rings. The third kappa shape index (κ3) is 5.42. The van der Waals surface area contributed by atoms with Crippen LogP contribution >= 0.6 is 0 Å². The molecule has 1 aromatic heterocycles. The van der Waals surface area contributed by atoms with Crippen molar-refractivity contribution in [1.29, 1.82) is 0 Å². The van der Waals surface area contributed by atoms with Gasteiger partial charge in [-0.05, 0) is 54.1 Å². The van der Waals surface area contributed by atoms with Crippen LogP contribution in [0.15, 0.2) is 73.1 Å². The largest absolute Gasteiger partial charge is 0.508 e. The molecule has 3 rings (SSSR count). The summed E-state index contributed by atoms with van der Waals surface area (Å²) in [6.07, 6.45) is 3.21. The molecule has 7 heteroatoms. The number of phenols is 1. The zero-order valence-corrected chi connectivity index (χ0v) is 16.9. The Hall–Kier alpha value is -3.71. The van der Waals surface area contributed by atoms with Crippen molar-refractivity contribution in [3.8, 4) is 5.75 Å². The number of ketones is 1. The predicted molar refractivity (Wildman–Crippen MR) is 115 cm³/mol. The minimum atomic E-state index is -0.437. The maximum Gasteiger partial charge on any atom is 0.265 e. The van der Waals surface area contributed by atoms with Crippen LogP contribution in [0.1, 0.15) is 38.7 Å². The molecule has 0 aliphatic carbocycles. The van der Waals surface area contributed by atoms with Gasteiger partial charge in [0.15, 0.2) is 5.78 Å². The molecule has 0 fully saturated rings. The second kappa shape index (κ2) is 9.67. The van der Waals surface area contributed by atoms with E-state index in [0.717, 1.165) is 11.3 Å². The van der Waals surface area contributed by atoms with E-state index in [1.54, 1.807) is 36.7 Å². The van der Waals surface area contributed by atoms with Crippen LogP contribution in [0, 0.1) is 0 Å². The summed E-state index contributed by atoms with van der Waals surface area (Å²) in [5.74, 6) is -0.322. The first-order valence-electron chi connectivity index (χ1n) is 9.49. The van der Waals surface area contributed by atoms with E-state index >= 15 is 0 Å². The maximum absolute atomic E-state index is 12.8. The fourth-order valence-corrected chi connectivity index (χ4v) is 2.94. The zero-order chi connectivity index (χ0) is 21.5. The van der Waals surface area contributed by atoms with E-state index in [1.807, 2.05) is 43.3 Å². The summed E-state index contributed by atoms with van der Waals surface area (Å²) in [7, 11) is 3.90. The van der Waals surface area contributed by atoms with Crippen molar-refractivity contribution in [2.45, 2.75) is 12.5 Å². The Morgan fingerprint density at radius 3 is 2.17 bits per heavy atom. The number of pyridine rings is 1. The Morgan fingerprint density at radius 1 is 0.933 bits per heavy atom. The first kappa shape index (κ1) is 21.0. The Balaban J connectivity index is 1.77. The first-order valence-corrected chi connectivity index (χ1v) is 9.49. The van der Waals surface area contributed by atoms with Crippen molar-refractivity contribution in [2.24, 2.45) is 0 Å². The van der Waals surface area contributed by atoms with Gasteiger partial charge in [-0.15, -0.1) is 0 Å². The molecule has 0 aliphatic heterocycles. The lowest BCUT2D eigenvalue weighted by atomic mass is 9.98. The number of anilines is 1. The van der Waals surface area contributed by atoms with Crippen molar-refractivity contribution in [3.63, 3.8) is 0 Å². The summed E-state index contributed by atoms with van der Waals surface area (Å²) in [5.41, 5.74) is 8.52. The fraction of sp³-hybridized carbons (Fsp3) is 0.174. The second-order valence-electron chi connectivity index (χ2n) is 7.05. The number of carbonyl (C=O) groups is 2. The molecule has 0 radical (unpaired) electrons. The highest BCUT2D eigenvalue weighted by atomic mass is 16.3. The molecule has 3 aromatic rings. The van der Waals surface area contributed by atoms with Gasteiger partial charge in [0.1, 0.15) is 5.75 Å². The third-order valence-corrected chi connectivity index (χ3v) is 4.69. The smallest absolute Gasteiger partial charge is 0.265 e. The van der Waals surface area contributed by atoms with Gasteiger partial charge < -0.3 is 10.0 Å². The van der Waals surface area contributed by atoms with E-state index < -0.39 is 6.04 Å². The van der Waals surface area contributed by atoms with Crippen LogP contribution in [0.2, 0.25) is 0 Å². The average molecular weight is 404 g/mol. The molecule has 2 aromatic carbocycles. The standard InChI is InChI=1S/C23H24N4O3/c1-27(2)19-7-3-16(4-8-19)21(15-22(29)17-5-9-20(28)10-6-17)25-26-23(30)18-11-13-24-14-12-18/h3-14,21,25,28H,15H2,1-2H3,(H,26,30).